The molecule has 1 saturated heterocycles. The van der Waals surface area contributed by atoms with E-state index in [2.05, 4.69) is 22.0 Å². The van der Waals surface area contributed by atoms with Gasteiger partial charge in [0.05, 0.1) is 0 Å². The Morgan fingerprint density at radius 2 is 1.90 bits per heavy atom. The Labute approximate surface area is 121 Å². The maximum atomic E-state index is 14.0. The second-order valence-corrected chi connectivity index (χ2v) is 5.35. The molecule has 4 heteroatoms. The van der Waals surface area contributed by atoms with Crippen molar-refractivity contribution in [2.24, 2.45) is 0 Å². The minimum Gasteiger partial charge on any atom is -0.369 e. The molecule has 0 unspecified atom stereocenters. The van der Waals surface area contributed by atoms with Crippen molar-refractivity contribution in [2.45, 2.75) is 26.8 Å². The van der Waals surface area contributed by atoms with Gasteiger partial charge in [-0.1, -0.05) is 19.9 Å². The van der Waals surface area contributed by atoms with Crippen molar-refractivity contribution in [1.82, 2.24) is 10.2 Å². The number of piperazine rings is 1. The van der Waals surface area contributed by atoms with Crippen LogP contribution in [0.25, 0.3) is 0 Å². The van der Waals surface area contributed by atoms with E-state index in [4.69, 9.17) is 0 Å². The van der Waals surface area contributed by atoms with E-state index in [1.54, 1.807) is 6.07 Å². The van der Waals surface area contributed by atoms with Crippen LogP contribution >= 0.6 is 0 Å². The number of rotatable bonds is 6. The largest absolute Gasteiger partial charge is 0.369 e. The van der Waals surface area contributed by atoms with Crippen LogP contribution in [0.3, 0.4) is 0 Å². The maximum absolute atomic E-state index is 14.0. The highest BCUT2D eigenvalue weighted by atomic mass is 19.1. The number of halogens is 1. The van der Waals surface area contributed by atoms with E-state index in [1.807, 2.05) is 19.1 Å². The molecule has 0 atom stereocenters. The second-order valence-electron chi connectivity index (χ2n) is 5.35. The molecule has 3 nitrogen and oxygen atoms in total. The summed E-state index contributed by atoms with van der Waals surface area (Å²) in [4.78, 5) is 4.81. The lowest BCUT2D eigenvalue weighted by Gasteiger charge is -2.37. The van der Waals surface area contributed by atoms with E-state index < -0.39 is 0 Å². The molecule has 0 saturated carbocycles. The van der Waals surface area contributed by atoms with Crippen LogP contribution in [0.15, 0.2) is 18.2 Å². The van der Waals surface area contributed by atoms with E-state index in [1.165, 1.54) is 13.0 Å². The highest BCUT2D eigenvalue weighted by molar-refractivity contribution is 5.54. The van der Waals surface area contributed by atoms with Gasteiger partial charge in [-0.2, -0.15) is 0 Å². The molecule has 0 aromatic heterocycles. The van der Waals surface area contributed by atoms with Gasteiger partial charge in [0.25, 0.3) is 0 Å². The van der Waals surface area contributed by atoms with Gasteiger partial charge in [0.1, 0.15) is 5.82 Å². The molecule has 1 heterocycles. The fourth-order valence-electron chi connectivity index (χ4n) is 2.80. The topological polar surface area (TPSA) is 18.5 Å². The highest BCUT2D eigenvalue weighted by Gasteiger charge is 2.19. The van der Waals surface area contributed by atoms with Gasteiger partial charge < -0.3 is 10.2 Å². The van der Waals surface area contributed by atoms with Crippen LogP contribution in [0, 0.1) is 5.82 Å². The van der Waals surface area contributed by atoms with Gasteiger partial charge in [-0.25, -0.2) is 4.39 Å². The fourth-order valence-corrected chi connectivity index (χ4v) is 2.80. The van der Waals surface area contributed by atoms with Crippen LogP contribution in [0.1, 0.15) is 25.8 Å². The lowest BCUT2D eigenvalue weighted by atomic mass is 10.1. The third-order valence-corrected chi connectivity index (χ3v) is 3.90. The molecule has 0 amide bonds. The molecule has 1 aromatic carbocycles. The highest BCUT2D eigenvalue weighted by Crippen LogP contribution is 2.24. The van der Waals surface area contributed by atoms with Crippen molar-refractivity contribution in [2.75, 3.05) is 44.2 Å². The fraction of sp³-hybridized carbons (Fsp3) is 0.625. The van der Waals surface area contributed by atoms with Crippen LogP contribution in [0.5, 0.6) is 0 Å². The first-order valence-electron chi connectivity index (χ1n) is 7.71. The molecule has 1 aromatic rings. The molecule has 20 heavy (non-hydrogen) atoms. The molecule has 1 aliphatic rings. The summed E-state index contributed by atoms with van der Waals surface area (Å²) < 4.78 is 14.0. The third-order valence-electron chi connectivity index (χ3n) is 3.90. The zero-order valence-corrected chi connectivity index (χ0v) is 12.7. The zero-order valence-electron chi connectivity index (χ0n) is 12.7. The normalized spacial score (nSPS) is 16.6. The Hall–Kier alpha value is -1.13. The first-order valence-corrected chi connectivity index (χ1v) is 7.71. The summed E-state index contributed by atoms with van der Waals surface area (Å²) in [6, 6.07) is 5.42. The van der Waals surface area contributed by atoms with Crippen molar-refractivity contribution in [3.63, 3.8) is 0 Å². The number of hydrogen-bond acceptors (Lipinski definition) is 3. The first-order chi connectivity index (χ1) is 9.76. The smallest absolute Gasteiger partial charge is 0.129 e. The molecule has 0 spiro atoms. The molecular formula is C16H26FN3. The standard InChI is InChI=1S/C16H26FN3/c1-3-8-19-9-11-20(12-10-19)16-7-5-6-15(17)14(16)13-18-4-2/h5-7,18H,3-4,8-13H2,1-2H3. The molecule has 1 N–H and O–H groups in total. The molecule has 1 aliphatic heterocycles. The SMILES string of the molecule is CCCN1CCN(c2cccc(F)c2CNCC)CC1. The predicted octanol–water partition coefficient (Wildman–Crippen LogP) is 2.47. The van der Waals surface area contributed by atoms with Crippen molar-refractivity contribution in [3.8, 4) is 0 Å². The summed E-state index contributed by atoms with van der Waals surface area (Å²) in [6.45, 7) is 11.0. The lowest BCUT2D eigenvalue weighted by molar-refractivity contribution is 0.258. The summed E-state index contributed by atoms with van der Waals surface area (Å²) >= 11 is 0. The Balaban J connectivity index is 2.07. The van der Waals surface area contributed by atoms with Gasteiger partial charge in [0.15, 0.2) is 0 Å². The van der Waals surface area contributed by atoms with Gasteiger partial charge in [0.2, 0.25) is 0 Å². The Morgan fingerprint density at radius 1 is 1.15 bits per heavy atom. The number of hydrogen-bond donors (Lipinski definition) is 1. The predicted molar refractivity (Wildman–Crippen MR) is 82.7 cm³/mol. The van der Waals surface area contributed by atoms with Crippen LogP contribution < -0.4 is 10.2 Å². The van der Waals surface area contributed by atoms with Gasteiger partial charge >= 0.3 is 0 Å². The molecule has 0 aliphatic carbocycles. The molecule has 2 rings (SSSR count). The summed E-state index contributed by atoms with van der Waals surface area (Å²) in [5.41, 5.74) is 1.86. The molecule has 0 bridgehead atoms. The number of benzene rings is 1. The second kappa shape index (κ2) is 7.60. The van der Waals surface area contributed by atoms with Gasteiger partial charge in [-0.15, -0.1) is 0 Å². The minimum atomic E-state index is -0.0977. The van der Waals surface area contributed by atoms with Gasteiger partial charge in [-0.3, -0.25) is 4.90 Å². The average molecular weight is 279 g/mol. The van der Waals surface area contributed by atoms with Gasteiger partial charge in [0, 0.05) is 44.0 Å². The summed E-state index contributed by atoms with van der Waals surface area (Å²) in [6.07, 6.45) is 1.20. The first kappa shape index (κ1) is 15.3. The van der Waals surface area contributed by atoms with Crippen molar-refractivity contribution < 1.29 is 4.39 Å². The van der Waals surface area contributed by atoms with E-state index in [0.717, 1.165) is 44.0 Å². The summed E-state index contributed by atoms with van der Waals surface area (Å²) in [7, 11) is 0. The van der Waals surface area contributed by atoms with Crippen LogP contribution in [0.4, 0.5) is 10.1 Å². The maximum Gasteiger partial charge on any atom is 0.129 e. The van der Waals surface area contributed by atoms with Crippen molar-refractivity contribution >= 4 is 5.69 Å². The number of anilines is 1. The van der Waals surface area contributed by atoms with E-state index in [0.29, 0.717) is 6.54 Å². The Morgan fingerprint density at radius 3 is 2.55 bits per heavy atom. The van der Waals surface area contributed by atoms with Crippen LogP contribution in [0.2, 0.25) is 0 Å². The number of nitrogens with zero attached hydrogens (tertiary/aromatic N) is 2. The monoisotopic (exact) mass is 279 g/mol. The minimum absolute atomic E-state index is 0.0977. The van der Waals surface area contributed by atoms with E-state index in [-0.39, 0.29) is 5.82 Å². The third kappa shape index (κ3) is 3.70. The van der Waals surface area contributed by atoms with E-state index in [9.17, 15) is 4.39 Å². The van der Waals surface area contributed by atoms with E-state index >= 15 is 0 Å². The molecular weight excluding hydrogens is 253 g/mol. The van der Waals surface area contributed by atoms with Gasteiger partial charge in [-0.05, 0) is 31.6 Å². The van der Waals surface area contributed by atoms with Crippen LogP contribution in [-0.4, -0.2) is 44.2 Å². The Bertz CT molecular complexity index is 414. The van der Waals surface area contributed by atoms with Crippen molar-refractivity contribution in [1.29, 1.82) is 0 Å². The summed E-state index contributed by atoms with van der Waals surface area (Å²) in [5.74, 6) is -0.0977. The molecule has 112 valence electrons. The zero-order chi connectivity index (χ0) is 14.4. The van der Waals surface area contributed by atoms with Crippen molar-refractivity contribution in [3.05, 3.63) is 29.6 Å². The number of nitrogens with one attached hydrogen (secondary N) is 1. The average Bonchev–Trinajstić information content (AvgIpc) is 2.47. The Kier molecular flexibility index (Phi) is 5.80. The molecule has 0 radical (unpaired) electrons. The molecule has 1 fully saturated rings. The lowest BCUT2D eigenvalue weighted by Crippen LogP contribution is -2.47. The summed E-state index contributed by atoms with van der Waals surface area (Å²) in [5, 5.41) is 3.24. The quantitative estimate of drug-likeness (QED) is 0.863. The van der Waals surface area contributed by atoms with Crippen LogP contribution in [-0.2, 0) is 6.54 Å².